The summed E-state index contributed by atoms with van der Waals surface area (Å²) in [6.07, 6.45) is 3.56. The van der Waals surface area contributed by atoms with Crippen molar-refractivity contribution in [1.82, 2.24) is 14.8 Å². The van der Waals surface area contributed by atoms with Gasteiger partial charge in [-0.3, -0.25) is 0 Å². The van der Waals surface area contributed by atoms with E-state index >= 15 is 0 Å². The summed E-state index contributed by atoms with van der Waals surface area (Å²) < 4.78 is 18.2. The summed E-state index contributed by atoms with van der Waals surface area (Å²) in [4.78, 5) is 4.33. The molecule has 0 aliphatic carbocycles. The lowest BCUT2D eigenvalue weighted by molar-refractivity contribution is 0.323. The van der Waals surface area contributed by atoms with Crippen LogP contribution in [-0.4, -0.2) is 36.1 Å². The van der Waals surface area contributed by atoms with Crippen LogP contribution in [-0.2, 0) is 0 Å². The van der Waals surface area contributed by atoms with Crippen LogP contribution in [0.4, 0.5) is 5.95 Å². The molecule has 0 radical (unpaired) electrons. The molecule has 0 saturated heterocycles. The standard InChI is InChI=1S/C20H19ClN4O3/c1-26-17-8-12(9-18(27-2)19(17)28-3)16-10-15(13-6-4-5-7-14(13)21)24-20-22-11-23-25(16)20/h4-11,16H,1-3H3,(H,22,23,24)/t16-/m1/s1. The molecule has 28 heavy (non-hydrogen) atoms. The minimum Gasteiger partial charge on any atom is -0.493 e. The molecular weight excluding hydrogens is 380 g/mol. The first-order chi connectivity index (χ1) is 13.7. The van der Waals surface area contributed by atoms with Crippen LogP contribution in [0.15, 0.2) is 48.8 Å². The molecule has 2 heterocycles. The lowest BCUT2D eigenvalue weighted by atomic mass is 10.0. The van der Waals surface area contributed by atoms with E-state index in [1.807, 2.05) is 42.5 Å². The van der Waals surface area contributed by atoms with Crippen LogP contribution in [0.3, 0.4) is 0 Å². The first kappa shape index (κ1) is 18.2. The van der Waals surface area contributed by atoms with Gasteiger partial charge in [0, 0.05) is 16.3 Å². The molecule has 0 amide bonds. The van der Waals surface area contributed by atoms with Gasteiger partial charge in [0.15, 0.2) is 11.5 Å². The van der Waals surface area contributed by atoms with Crippen molar-refractivity contribution < 1.29 is 14.2 Å². The van der Waals surface area contributed by atoms with Gasteiger partial charge in [0.05, 0.1) is 21.3 Å². The molecule has 2 aromatic carbocycles. The Morgan fingerprint density at radius 2 is 1.75 bits per heavy atom. The molecule has 1 aliphatic heterocycles. The van der Waals surface area contributed by atoms with Crippen LogP contribution in [0.25, 0.3) is 5.70 Å². The molecule has 0 saturated carbocycles. The molecule has 4 rings (SSSR count). The molecular formula is C20H19ClN4O3. The van der Waals surface area contributed by atoms with Gasteiger partial charge in [0.25, 0.3) is 0 Å². The summed E-state index contributed by atoms with van der Waals surface area (Å²) in [5.41, 5.74) is 2.65. The fourth-order valence-corrected chi connectivity index (χ4v) is 3.52. The van der Waals surface area contributed by atoms with Crippen molar-refractivity contribution in [3.05, 3.63) is 65.0 Å². The minimum absolute atomic E-state index is 0.237. The van der Waals surface area contributed by atoms with Gasteiger partial charge >= 0.3 is 0 Å². The van der Waals surface area contributed by atoms with E-state index in [0.717, 1.165) is 16.8 Å². The van der Waals surface area contributed by atoms with Gasteiger partial charge in [0.2, 0.25) is 11.7 Å². The van der Waals surface area contributed by atoms with Gasteiger partial charge in [-0.15, -0.1) is 0 Å². The van der Waals surface area contributed by atoms with Crippen molar-refractivity contribution in [2.75, 3.05) is 26.6 Å². The monoisotopic (exact) mass is 398 g/mol. The molecule has 7 nitrogen and oxygen atoms in total. The largest absolute Gasteiger partial charge is 0.493 e. The van der Waals surface area contributed by atoms with Crippen molar-refractivity contribution in [2.24, 2.45) is 0 Å². The third kappa shape index (κ3) is 3.03. The number of aromatic nitrogens is 3. The van der Waals surface area contributed by atoms with Crippen LogP contribution in [0.2, 0.25) is 5.02 Å². The topological polar surface area (TPSA) is 70.4 Å². The predicted molar refractivity (Wildman–Crippen MR) is 107 cm³/mol. The van der Waals surface area contributed by atoms with Gasteiger partial charge in [-0.2, -0.15) is 10.1 Å². The SMILES string of the molecule is COc1cc([C@H]2C=C(c3ccccc3Cl)Nc3ncnn32)cc(OC)c1OC. The summed E-state index contributed by atoms with van der Waals surface area (Å²) >= 11 is 6.41. The highest BCUT2D eigenvalue weighted by atomic mass is 35.5. The van der Waals surface area contributed by atoms with E-state index in [-0.39, 0.29) is 6.04 Å². The number of methoxy groups -OCH3 is 3. The Balaban J connectivity index is 1.87. The average Bonchev–Trinajstić information content (AvgIpc) is 3.21. The first-order valence-electron chi connectivity index (χ1n) is 8.59. The number of fused-ring (bicyclic) bond motifs is 1. The van der Waals surface area contributed by atoms with E-state index in [9.17, 15) is 0 Å². The normalized spacial score (nSPS) is 15.3. The maximum atomic E-state index is 6.41. The highest BCUT2D eigenvalue weighted by molar-refractivity contribution is 6.32. The second kappa shape index (κ2) is 7.44. The predicted octanol–water partition coefficient (Wildman–Crippen LogP) is 4.01. The number of halogens is 1. The first-order valence-corrected chi connectivity index (χ1v) is 8.97. The zero-order valence-electron chi connectivity index (χ0n) is 15.6. The van der Waals surface area contributed by atoms with Gasteiger partial charge < -0.3 is 19.5 Å². The van der Waals surface area contributed by atoms with Gasteiger partial charge in [0.1, 0.15) is 12.4 Å². The molecule has 1 N–H and O–H groups in total. The van der Waals surface area contributed by atoms with Crippen LogP contribution in [0, 0.1) is 0 Å². The highest BCUT2D eigenvalue weighted by Gasteiger charge is 2.26. The molecule has 1 aliphatic rings. The Bertz CT molecular complexity index is 1020. The Morgan fingerprint density at radius 3 is 2.39 bits per heavy atom. The van der Waals surface area contributed by atoms with Crippen LogP contribution in [0.5, 0.6) is 17.2 Å². The summed E-state index contributed by atoms with van der Waals surface area (Å²) in [5.74, 6) is 2.31. The highest BCUT2D eigenvalue weighted by Crippen LogP contribution is 2.42. The third-order valence-electron chi connectivity index (χ3n) is 4.60. The lowest BCUT2D eigenvalue weighted by Gasteiger charge is -2.25. The number of allylic oxidation sites excluding steroid dienone is 1. The van der Waals surface area contributed by atoms with E-state index in [1.54, 1.807) is 26.0 Å². The molecule has 0 spiro atoms. The van der Waals surface area contributed by atoms with Crippen LogP contribution in [0.1, 0.15) is 17.2 Å². The fraction of sp³-hybridized carbons (Fsp3) is 0.200. The molecule has 8 heteroatoms. The molecule has 0 fully saturated rings. The Labute approximate surface area is 167 Å². The van der Waals surface area contributed by atoms with E-state index in [0.29, 0.717) is 28.2 Å². The van der Waals surface area contributed by atoms with E-state index in [4.69, 9.17) is 25.8 Å². The van der Waals surface area contributed by atoms with E-state index in [2.05, 4.69) is 15.4 Å². The quantitative estimate of drug-likeness (QED) is 0.700. The number of hydrogen-bond donors (Lipinski definition) is 1. The van der Waals surface area contributed by atoms with E-state index in [1.165, 1.54) is 6.33 Å². The summed E-state index contributed by atoms with van der Waals surface area (Å²) in [6.45, 7) is 0. The summed E-state index contributed by atoms with van der Waals surface area (Å²) in [6, 6.07) is 11.2. The number of nitrogens with one attached hydrogen (secondary N) is 1. The Kier molecular flexibility index (Phi) is 4.83. The zero-order valence-corrected chi connectivity index (χ0v) is 16.4. The maximum absolute atomic E-state index is 6.41. The van der Waals surface area contributed by atoms with Crippen molar-refractivity contribution >= 4 is 23.2 Å². The van der Waals surface area contributed by atoms with Crippen molar-refractivity contribution in [3.8, 4) is 17.2 Å². The molecule has 0 bridgehead atoms. The third-order valence-corrected chi connectivity index (χ3v) is 4.93. The number of rotatable bonds is 5. The van der Waals surface area contributed by atoms with Crippen molar-refractivity contribution in [1.29, 1.82) is 0 Å². The van der Waals surface area contributed by atoms with E-state index < -0.39 is 0 Å². The smallest absolute Gasteiger partial charge is 0.226 e. The molecule has 144 valence electrons. The Hall–Kier alpha value is -3.19. The second-order valence-corrected chi connectivity index (χ2v) is 6.52. The number of anilines is 1. The molecule has 0 unspecified atom stereocenters. The maximum Gasteiger partial charge on any atom is 0.226 e. The second-order valence-electron chi connectivity index (χ2n) is 6.12. The summed E-state index contributed by atoms with van der Waals surface area (Å²) in [5, 5.41) is 8.31. The van der Waals surface area contributed by atoms with Crippen molar-refractivity contribution in [2.45, 2.75) is 6.04 Å². The van der Waals surface area contributed by atoms with Gasteiger partial charge in [-0.25, -0.2) is 4.68 Å². The average molecular weight is 399 g/mol. The van der Waals surface area contributed by atoms with Crippen LogP contribution >= 0.6 is 11.6 Å². The van der Waals surface area contributed by atoms with Crippen molar-refractivity contribution in [3.63, 3.8) is 0 Å². The zero-order chi connectivity index (χ0) is 19.7. The number of ether oxygens (including phenoxy) is 3. The number of hydrogen-bond acceptors (Lipinski definition) is 6. The molecule has 1 atom stereocenters. The van der Waals surface area contributed by atoms with Crippen LogP contribution < -0.4 is 19.5 Å². The number of benzene rings is 2. The van der Waals surface area contributed by atoms with Gasteiger partial charge in [-0.1, -0.05) is 29.8 Å². The summed E-state index contributed by atoms with van der Waals surface area (Å²) in [7, 11) is 4.76. The van der Waals surface area contributed by atoms with Gasteiger partial charge in [-0.05, 0) is 29.8 Å². The minimum atomic E-state index is -0.237. The molecule has 3 aromatic rings. The molecule has 1 aromatic heterocycles. The Morgan fingerprint density at radius 1 is 1.04 bits per heavy atom. The fourth-order valence-electron chi connectivity index (χ4n) is 3.28. The lowest BCUT2D eigenvalue weighted by Crippen LogP contribution is -2.20. The number of nitrogens with zero attached hydrogens (tertiary/aromatic N) is 3.